The summed E-state index contributed by atoms with van der Waals surface area (Å²) in [6.45, 7) is 1.92. The number of benzene rings is 1. The van der Waals surface area contributed by atoms with Gasteiger partial charge in [0.15, 0.2) is 0 Å². The van der Waals surface area contributed by atoms with Crippen LogP contribution in [0, 0.1) is 5.82 Å². The number of hydrogen-bond donors (Lipinski definition) is 1. The van der Waals surface area contributed by atoms with Crippen LogP contribution in [0.5, 0.6) is 0 Å². The largest absolute Gasteiger partial charge is 0.352 e. The number of carbonyl (C=O) groups excluding carboxylic acids is 2. The van der Waals surface area contributed by atoms with E-state index < -0.39 is 6.04 Å². The number of nitrogens with one attached hydrogen (secondary N) is 1. The lowest BCUT2D eigenvalue weighted by atomic mass is 9.95. The van der Waals surface area contributed by atoms with Crippen LogP contribution in [-0.2, 0) is 22.7 Å². The maximum Gasteiger partial charge on any atom is 0.247 e. The van der Waals surface area contributed by atoms with Crippen molar-refractivity contribution < 1.29 is 14.0 Å². The van der Waals surface area contributed by atoms with Crippen molar-refractivity contribution in [2.24, 2.45) is 0 Å². The Morgan fingerprint density at radius 2 is 1.97 bits per heavy atom. The number of rotatable bonds is 9. The number of nitrogens with zero attached hydrogens (tertiary/aromatic N) is 5. The number of amides is 2. The zero-order valence-electron chi connectivity index (χ0n) is 19.2. The average molecular weight is 485 g/mol. The number of thiophene rings is 1. The molecule has 1 aromatic carbocycles. The highest BCUT2D eigenvalue weighted by atomic mass is 32.1. The minimum atomic E-state index is -0.653. The van der Waals surface area contributed by atoms with E-state index in [2.05, 4.69) is 20.7 Å². The van der Waals surface area contributed by atoms with Gasteiger partial charge in [-0.15, -0.1) is 21.5 Å². The predicted molar refractivity (Wildman–Crippen MR) is 127 cm³/mol. The molecule has 1 fully saturated rings. The second kappa shape index (κ2) is 11.3. The molecule has 4 rings (SSSR count). The van der Waals surface area contributed by atoms with E-state index in [9.17, 15) is 14.0 Å². The maximum atomic E-state index is 13.4. The zero-order chi connectivity index (χ0) is 23.9. The van der Waals surface area contributed by atoms with E-state index in [0.29, 0.717) is 12.2 Å². The third kappa shape index (κ3) is 6.05. The predicted octanol–water partition coefficient (Wildman–Crippen LogP) is 3.80. The van der Waals surface area contributed by atoms with Crippen LogP contribution in [0.1, 0.15) is 51.0 Å². The third-order valence-electron chi connectivity index (χ3n) is 6.07. The highest BCUT2D eigenvalue weighted by Crippen LogP contribution is 2.21. The summed E-state index contributed by atoms with van der Waals surface area (Å²) in [5.41, 5.74) is 0.740. The first-order valence-corrected chi connectivity index (χ1v) is 12.6. The van der Waals surface area contributed by atoms with Gasteiger partial charge in [0.25, 0.3) is 0 Å². The Labute approximate surface area is 202 Å². The molecule has 1 aliphatic rings. The molecule has 3 aromatic rings. The smallest absolute Gasteiger partial charge is 0.247 e. The van der Waals surface area contributed by atoms with Crippen molar-refractivity contribution in [1.29, 1.82) is 0 Å². The van der Waals surface area contributed by atoms with Gasteiger partial charge in [-0.3, -0.25) is 9.59 Å². The van der Waals surface area contributed by atoms with E-state index in [-0.39, 0.29) is 36.8 Å². The topological polar surface area (TPSA) is 93.0 Å². The van der Waals surface area contributed by atoms with Crippen LogP contribution >= 0.6 is 11.3 Å². The van der Waals surface area contributed by atoms with Crippen molar-refractivity contribution in [3.63, 3.8) is 0 Å². The summed E-state index contributed by atoms with van der Waals surface area (Å²) in [6, 6.07) is 9.24. The van der Waals surface area contributed by atoms with E-state index in [1.807, 2.05) is 24.4 Å². The van der Waals surface area contributed by atoms with Crippen molar-refractivity contribution in [2.45, 2.75) is 70.6 Å². The van der Waals surface area contributed by atoms with Crippen LogP contribution in [0.2, 0.25) is 0 Å². The molecule has 0 saturated heterocycles. The van der Waals surface area contributed by atoms with E-state index >= 15 is 0 Å². The lowest BCUT2D eigenvalue weighted by molar-refractivity contribution is -0.142. The lowest BCUT2D eigenvalue weighted by Crippen LogP contribution is -2.52. The Morgan fingerprint density at radius 3 is 2.65 bits per heavy atom. The maximum absolute atomic E-state index is 13.4. The quantitative estimate of drug-likeness (QED) is 0.499. The van der Waals surface area contributed by atoms with Crippen molar-refractivity contribution in [2.75, 3.05) is 0 Å². The molecule has 0 spiro atoms. The van der Waals surface area contributed by atoms with Gasteiger partial charge in [-0.2, -0.15) is 4.80 Å². The summed E-state index contributed by atoms with van der Waals surface area (Å²) in [4.78, 5) is 30.3. The molecule has 0 aliphatic heterocycles. The molecule has 8 nitrogen and oxygen atoms in total. The fourth-order valence-electron chi connectivity index (χ4n) is 4.28. The number of aromatic nitrogens is 4. The van der Waals surface area contributed by atoms with Crippen LogP contribution in [0.3, 0.4) is 0 Å². The number of carbonyl (C=O) groups is 2. The molecule has 10 heteroatoms. The first kappa shape index (κ1) is 24.0. The molecular formula is C24H29FN6O2S. The molecule has 1 saturated carbocycles. The fraction of sp³-hybridized carbons (Fsp3) is 0.458. The second-order valence-corrected chi connectivity index (χ2v) is 9.48. The van der Waals surface area contributed by atoms with Crippen LogP contribution in [0.25, 0.3) is 10.7 Å². The molecule has 2 amide bonds. The molecule has 2 heterocycles. The standard InChI is InChI=1S/C24H29FN6O2S/c1-2-20(24(33)26-19-7-4-3-5-8-19)30(15-17-10-12-18(25)13-11-17)22(32)16-31-28-23(27-29-31)21-9-6-14-34-21/h6,9-14,19-20H,2-5,7-8,15-16H2,1H3,(H,26,33). The van der Waals surface area contributed by atoms with Gasteiger partial charge in [-0.25, -0.2) is 4.39 Å². The highest BCUT2D eigenvalue weighted by molar-refractivity contribution is 7.13. The van der Waals surface area contributed by atoms with E-state index in [4.69, 9.17) is 0 Å². The monoisotopic (exact) mass is 484 g/mol. The molecule has 0 radical (unpaired) electrons. The Bertz CT molecular complexity index is 1080. The SMILES string of the molecule is CCC(C(=O)NC1CCCCC1)N(Cc1ccc(F)cc1)C(=O)Cn1nnc(-c2cccs2)n1. The number of tetrazole rings is 1. The summed E-state index contributed by atoms with van der Waals surface area (Å²) in [5.74, 6) is -0.354. The second-order valence-electron chi connectivity index (χ2n) is 8.54. The molecule has 1 aliphatic carbocycles. The summed E-state index contributed by atoms with van der Waals surface area (Å²) in [7, 11) is 0. The molecule has 2 aromatic heterocycles. The fourth-order valence-corrected chi connectivity index (χ4v) is 4.92. The highest BCUT2D eigenvalue weighted by Gasteiger charge is 2.31. The summed E-state index contributed by atoms with van der Waals surface area (Å²) in [6.07, 6.45) is 5.77. The van der Waals surface area contributed by atoms with Gasteiger partial charge in [0.2, 0.25) is 17.6 Å². The lowest BCUT2D eigenvalue weighted by Gasteiger charge is -2.32. The molecule has 34 heavy (non-hydrogen) atoms. The summed E-state index contributed by atoms with van der Waals surface area (Å²) >= 11 is 1.49. The van der Waals surface area contributed by atoms with Crippen molar-refractivity contribution in [1.82, 2.24) is 30.4 Å². The Kier molecular flexibility index (Phi) is 7.99. The first-order chi connectivity index (χ1) is 16.5. The van der Waals surface area contributed by atoms with E-state index in [0.717, 1.165) is 36.1 Å². The molecule has 1 unspecified atom stereocenters. The molecule has 0 bridgehead atoms. The Morgan fingerprint density at radius 1 is 1.21 bits per heavy atom. The molecule has 1 N–H and O–H groups in total. The summed E-state index contributed by atoms with van der Waals surface area (Å²) < 4.78 is 13.4. The Hall–Kier alpha value is -3.14. The normalized spacial score (nSPS) is 15.1. The van der Waals surface area contributed by atoms with Gasteiger partial charge in [0.05, 0.1) is 4.88 Å². The number of hydrogen-bond acceptors (Lipinski definition) is 6. The van der Waals surface area contributed by atoms with Crippen LogP contribution < -0.4 is 5.32 Å². The van der Waals surface area contributed by atoms with Crippen LogP contribution in [0.4, 0.5) is 4.39 Å². The molecule has 180 valence electrons. The zero-order valence-corrected chi connectivity index (χ0v) is 20.0. The third-order valence-corrected chi connectivity index (χ3v) is 6.94. The van der Waals surface area contributed by atoms with Gasteiger partial charge in [-0.1, -0.05) is 44.4 Å². The van der Waals surface area contributed by atoms with Crippen LogP contribution in [0.15, 0.2) is 41.8 Å². The first-order valence-electron chi connectivity index (χ1n) is 11.7. The molecular weight excluding hydrogens is 455 g/mol. The van der Waals surface area contributed by atoms with Gasteiger partial charge in [-0.05, 0) is 53.6 Å². The number of halogens is 1. The molecule has 1 atom stereocenters. The van der Waals surface area contributed by atoms with Crippen molar-refractivity contribution in [3.8, 4) is 10.7 Å². The summed E-state index contributed by atoms with van der Waals surface area (Å²) in [5, 5.41) is 17.5. The van der Waals surface area contributed by atoms with Gasteiger partial charge in [0.1, 0.15) is 18.4 Å². The van der Waals surface area contributed by atoms with Crippen molar-refractivity contribution in [3.05, 3.63) is 53.2 Å². The average Bonchev–Trinajstić information content (AvgIpc) is 3.53. The van der Waals surface area contributed by atoms with E-state index in [1.165, 1.54) is 34.7 Å². The van der Waals surface area contributed by atoms with Crippen LogP contribution in [-0.4, -0.2) is 49.0 Å². The minimum absolute atomic E-state index is 0.142. The van der Waals surface area contributed by atoms with Gasteiger partial charge >= 0.3 is 0 Å². The minimum Gasteiger partial charge on any atom is -0.352 e. The Balaban J connectivity index is 1.52. The van der Waals surface area contributed by atoms with E-state index in [1.54, 1.807) is 17.0 Å². The van der Waals surface area contributed by atoms with Crippen molar-refractivity contribution >= 4 is 23.2 Å². The van der Waals surface area contributed by atoms with Gasteiger partial charge < -0.3 is 10.2 Å². The van der Waals surface area contributed by atoms with Gasteiger partial charge in [0, 0.05) is 12.6 Å².